The van der Waals surface area contributed by atoms with E-state index >= 15 is 0 Å². The second kappa shape index (κ2) is 4.77. The van der Waals surface area contributed by atoms with Crippen LogP contribution in [0.15, 0.2) is 18.3 Å². The molecule has 0 radical (unpaired) electrons. The average Bonchev–Trinajstić information content (AvgIpc) is 3.10. The lowest BCUT2D eigenvalue weighted by molar-refractivity contribution is 0.429. The Hall–Kier alpha value is -0.890. The van der Waals surface area contributed by atoms with Crippen LogP contribution >= 0.6 is 0 Å². The monoisotopic (exact) mass is 230 g/mol. The molecule has 1 aromatic heterocycles. The second-order valence-electron chi connectivity index (χ2n) is 5.81. The molecular weight excluding hydrogens is 208 g/mol. The van der Waals surface area contributed by atoms with Gasteiger partial charge < -0.3 is 5.32 Å². The molecule has 2 atom stereocenters. The molecule has 1 N–H and O–H groups in total. The number of hydrogen-bond donors (Lipinski definition) is 1. The summed E-state index contributed by atoms with van der Waals surface area (Å²) in [6.07, 6.45) is 8.56. The number of fused-ring (bicyclic) bond motifs is 1. The SMILES string of the molecule is CC(CNC1CC1)CC1CCc2cccnc21. The van der Waals surface area contributed by atoms with E-state index in [2.05, 4.69) is 29.4 Å². The summed E-state index contributed by atoms with van der Waals surface area (Å²) >= 11 is 0. The van der Waals surface area contributed by atoms with Gasteiger partial charge in [-0.3, -0.25) is 4.98 Å². The molecule has 2 unspecified atom stereocenters. The Labute approximate surface area is 104 Å². The fourth-order valence-corrected chi connectivity index (χ4v) is 2.95. The van der Waals surface area contributed by atoms with Gasteiger partial charge in [-0.15, -0.1) is 0 Å². The topological polar surface area (TPSA) is 24.9 Å². The highest BCUT2D eigenvalue weighted by Crippen LogP contribution is 2.35. The van der Waals surface area contributed by atoms with Crippen molar-refractivity contribution in [2.24, 2.45) is 5.92 Å². The first-order valence-electron chi connectivity index (χ1n) is 7.00. The molecule has 17 heavy (non-hydrogen) atoms. The van der Waals surface area contributed by atoms with E-state index in [-0.39, 0.29) is 0 Å². The summed E-state index contributed by atoms with van der Waals surface area (Å²) in [5, 5.41) is 3.63. The number of aromatic nitrogens is 1. The van der Waals surface area contributed by atoms with Crippen molar-refractivity contribution in [3.63, 3.8) is 0 Å². The standard InChI is InChI=1S/C15H22N2/c1-11(10-17-14-6-7-14)9-13-5-4-12-3-2-8-16-15(12)13/h2-3,8,11,13-14,17H,4-7,9-10H2,1H3. The largest absolute Gasteiger partial charge is 0.314 e. The van der Waals surface area contributed by atoms with E-state index in [1.54, 1.807) is 0 Å². The molecule has 1 fully saturated rings. The van der Waals surface area contributed by atoms with Gasteiger partial charge in [-0.1, -0.05) is 13.0 Å². The quantitative estimate of drug-likeness (QED) is 0.841. The van der Waals surface area contributed by atoms with E-state index in [0.29, 0.717) is 5.92 Å². The fourth-order valence-electron chi connectivity index (χ4n) is 2.95. The van der Waals surface area contributed by atoms with Crippen LogP contribution in [0.4, 0.5) is 0 Å². The number of nitrogens with one attached hydrogen (secondary N) is 1. The summed E-state index contributed by atoms with van der Waals surface area (Å²) in [4.78, 5) is 4.58. The highest BCUT2D eigenvalue weighted by molar-refractivity contribution is 5.28. The van der Waals surface area contributed by atoms with E-state index in [1.165, 1.54) is 49.9 Å². The van der Waals surface area contributed by atoms with Gasteiger partial charge in [-0.2, -0.15) is 0 Å². The highest BCUT2D eigenvalue weighted by Gasteiger charge is 2.26. The van der Waals surface area contributed by atoms with Crippen LogP contribution in [0.2, 0.25) is 0 Å². The normalized spacial score (nSPS) is 24.6. The Balaban J connectivity index is 1.55. The Bertz CT molecular complexity index is 384. The third-order valence-electron chi connectivity index (χ3n) is 4.09. The van der Waals surface area contributed by atoms with Crippen molar-refractivity contribution < 1.29 is 0 Å². The summed E-state index contributed by atoms with van der Waals surface area (Å²) < 4.78 is 0. The molecule has 0 saturated heterocycles. The van der Waals surface area contributed by atoms with Crippen LogP contribution in [-0.2, 0) is 6.42 Å². The molecule has 0 spiro atoms. The smallest absolute Gasteiger partial charge is 0.0466 e. The van der Waals surface area contributed by atoms with Gasteiger partial charge in [0.1, 0.15) is 0 Å². The Morgan fingerprint density at radius 1 is 1.41 bits per heavy atom. The molecule has 0 aliphatic heterocycles. The Morgan fingerprint density at radius 2 is 2.29 bits per heavy atom. The van der Waals surface area contributed by atoms with Crippen LogP contribution in [0.3, 0.4) is 0 Å². The summed E-state index contributed by atoms with van der Waals surface area (Å²) in [6, 6.07) is 5.15. The van der Waals surface area contributed by atoms with Crippen molar-refractivity contribution in [2.45, 2.75) is 51.0 Å². The van der Waals surface area contributed by atoms with E-state index < -0.39 is 0 Å². The number of hydrogen-bond acceptors (Lipinski definition) is 2. The summed E-state index contributed by atoms with van der Waals surface area (Å²) in [6.45, 7) is 3.56. The highest BCUT2D eigenvalue weighted by atomic mass is 14.9. The molecule has 2 nitrogen and oxygen atoms in total. The molecule has 1 heterocycles. The van der Waals surface area contributed by atoms with Gasteiger partial charge >= 0.3 is 0 Å². The van der Waals surface area contributed by atoms with Crippen LogP contribution in [0, 0.1) is 5.92 Å². The molecule has 2 heteroatoms. The predicted molar refractivity (Wildman–Crippen MR) is 70.1 cm³/mol. The van der Waals surface area contributed by atoms with E-state index in [9.17, 15) is 0 Å². The maximum Gasteiger partial charge on any atom is 0.0466 e. The zero-order valence-electron chi connectivity index (χ0n) is 10.7. The number of rotatable bonds is 5. The maximum absolute atomic E-state index is 4.58. The first-order valence-corrected chi connectivity index (χ1v) is 7.00. The third-order valence-corrected chi connectivity index (χ3v) is 4.09. The molecule has 0 amide bonds. The lowest BCUT2D eigenvalue weighted by Gasteiger charge is -2.17. The van der Waals surface area contributed by atoms with Crippen LogP contribution in [0.1, 0.15) is 49.8 Å². The van der Waals surface area contributed by atoms with Crippen LogP contribution in [-0.4, -0.2) is 17.6 Å². The van der Waals surface area contributed by atoms with Gasteiger partial charge in [-0.25, -0.2) is 0 Å². The second-order valence-corrected chi connectivity index (χ2v) is 5.81. The number of pyridine rings is 1. The first kappa shape index (κ1) is 11.2. The molecule has 0 bridgehead atoms. The zero-order chi connectivity index (χ0) is 11.7. The van der Waals surface area contributed by atoms with Crippen molar-refractivity contribution in [3.05, 3.63) is 29.6 Å². The van der Waals surface area contributed by atoms with Crippen molar-refractivity contribution in [1.29, 1.82) is 0 Å². The molecule has 2 aliphatic carbocycles. The average molecular weight is 230 g/mol. The van der Waals surface area contributed by atoms with Gasteiger partial charge in [0.2, 0.25) is 0 Å². The van der Waals surface area contributed by atoms with Gasteiger partial charge in [0.05, 0.1) is 0 Å². The van der Waals surface area contributed by atoms with Crippen molar-refractivity contribution >= 4 is 0 Å². The van der Waals surface area contributed by atoms with E-state index in [0.717, 1.165) is 12.0 Å². The van der Waals surface area contributed by atoms with Gasteiger partial charge in [0.25, 0.3) is 0 Å². The van der Waals surface area contributed by atoms with Crippen LogP contribution < -0.4 is 5.32 Å². The van der Waals surface area contributed by atoms with E-state index in [1.807, 2.05) is 6.20 Å². The van der Waals surface area contributed by atoms with Crippen molar-refractivity contribution in [2.75, 3.05) is 6.54 Å². The molecule has 0 aromatic carbocycles. The first-order chi connectivity index (χ1) is 8.33. The van der Waals surface area contributed by atoms with Crippen LogP contribution in [0.5, 0.6) is 0 Å². The molecule has 92 valence electrons. The minimum atomic E-state index is 0.710. The minimum absolute atomic E-state index is 0.710. The molecule has 2 aliphatic rings. The zero-order valence-corrected chi connectivity index (χ0v) is 10.7. The lowest BCUT2D eigenvalue weighted by Crippen LogP contribution is -2.24. The molecule has 1 aromatic rings. The fraction of sp³-hybridized carbons (Fsp3) is 0.667. The van der Waals surface area contributed by atoms with Gasteiger partial charge in [-0.05, 0) is 56.2 Å². The Kier molecular flexibility index (Phi) is 3.15. The van der Waals surface area contributed by atoms with Gasteiger partial charge in [0, 0.05) is 23.9 Å². The van der Waals surface area contributed by atoms with Crippen molar-refractivity contribution in [1.82, 2.24) is 10.3 Å². The van der Waals surface area contributed by atoms with Crippen LogP contribution in [0.25, 0.3) is 0 Å². The molecular formula is C15H22N2. The maximum atomic E-state index is 4.58. The molecule has 1 saturated carbocycles. The third kappa shape index (κ3) is 2.68. The van der Waals surface area contributed by atoms with E-state index in [4.69, 9.17) is 0 Å². The number of aryl methyl sites for hydroxylation is 1. The predicted octanol–water partition coefficient (Wildman–Crippen LogP) is 2.89. The molecule has 3 rings (SSSR count). The summed E-state index contributed by atoms with van der Waals surface area (Å²) in [7, 11) is 0. The summed E-state index contributed by atoms with van der Waals surface area (Å²) in [5.74, 6) is 1.48. The van der Waals surface area contributed by atoms with Crippen molar-refractivity contribution in [3.8, 4) is 0 Å². The summed E-state index contributed by atoms with van der Waals surface area (Å²) in [5.41, 5.74) is 2.87. The van der Waals surface area contributed by atoms with Gasteiger partial charge in [0.15, 0.2) is 0 Å². The Morgan fingerprint density at radius 3 is 3.12 bits per heavy atom. The minimum Gasteiger partial charge on any atom is -0.314 e. The number of nitrogens with zero attached hydrogens (tertiary/aromatic N) is 1. The lowest BCUT2D eigenvalue weighted by atomic mass is 9.93.